The van der Waals surface area contributed by atoms with E-state index >= 15 is 0 Å². The van der Waals surface area contributed by atoms with Crippen LogP contribution in [0.5, 0.6) is 0 Å². The smallest absolute Gasteiger partial charge is 0.335 e. The molecule has 0 heterocycles. The fraction of sp³-hybridized carbons (Fsp3) is 0.308. The van der Waals surface area contributed by atoms with Gasteiger partial charge in [0.25, 0.3) is 0 Å². The molecule has 0 aliphatic heterocycles. The van der Waals surface area contributed by atoms with E-state index in [1.165, 1.54) is 0 Å². The Hall–Kier alpha value is -1.61. The quantitative estimate of drug-likeness (QED) is 0.569. The number of benzene rings is 1. The van der Waals surface area contributed by atoms with Crippen molar-refractivity contribution >= 4 is 5.97 Å². The van der Waals surface area contributed by atoms with Crippen LogP contribution < -0.4 is 5.32 Å². The number of aromatic carboxylic acids is 1. The normalized spacial score (nSPS) is 10.1. The highest BCUT2D eigenvalue weighted by molar-refractivity contribution is 5.89. The summed E-state index contributed by atoms with van der Waals surface area (Å²) in [6.07, 6.45) is 0.718. The van der Waals surface area contributed by atoms with Crippen LogP contribution >= 0.6 is 0 Å². The molecule has 16 heavy (non-hydrogen) atoms. The summed E-state index contributed by atoms with van der Waals surface area (Å²) >= 11 is 0. The molecule has 3 heteroatoms. The molecule has 0 bridgehead atoms. The zero-order chi connectivity index (χ0) is 12.0. The molecule has 0 aromatic heterocycles. The molecule has 0 unspecified atom stereocenters. The lowest BCUT2D eigenvalue weighted by Crippen LogP contribution is -2.19. The first kappa shape index (κ1) is 12.5. The van der Waals surface area contributed by atoms with Crippen LogP contribution in [0.3, 0.4) is 0 Å². The summed E-state index contributed by atoms with van der Waals surface area (Å²) < 4.78 is 0. The maximum Gasteiger partial charge on any atom is 0.335 e. The number of carboxylic acid groups (broad SMARTS) is 1. The van der Waals surface area contributed by atoms with Crippen LogP contribution in [0.25, 0.3) is 0 Å². The zero-order valence-corrected chi connectivity index (χ0v) is 9.49. The molecule has 86 valence electrons. The largest absolute Gasteiger partial charge is 0.478 e. The van der Waals surface area contributed by atoms with Crippen molar-refractivity contribution in [3.8, 4) is 0 Å². The van der Waals surface area contributed by atoms with Crippen molar-refractivity contribution in [2.45, 2.75) is 13.3 Å². The highest BCUT2D eigenvalue weighted by Gasteiger charge is 2.07. The van der Waals surface area contributed by atoms with Gasteiger partial charge in [-0.05, 0) is 31.5 Å². The van der Waals surface area contributed by atoms with Crippen LogP contribution in [0.2, 0.25) is 0 Å². The minimum atomic E-state index is -0.865. The summed E-state index contributed by atoms with van der Waals surface area (Å²) in [5.74, 6) is -0.865. The number of carbonyl (C=O) groups is 1. The van der Waals surface area contributed by atoms with Crippen molar-refractivity contribution < 1.29 is 9.90 Å². The Kier molecular flexibility index (Phi) is 4.73. The van der Waals surface area contributed by atoms with Gasteiger partial charge in [-0.25, -0.2) is 4.79 Å². The third-order valence-corrected chi connectivity index (χ3v) is 2.25. The minimum absolute atomic E-state index is 0.389. The second-order valence-electron chi connectivity index (χ2n) is 3.85. The number of rotatable bonds is 6. The van der Waals surface area contributed by atoms with Gasteiger partial charge in [0.2, 0.25) is 0 Å². The fourth-order valence-corrected chi connectivity index (χ4v) is 1.47. The van der Waals surface area contributed by atoms with Gasteiger partial charge in [0.1, 0.15) is 0 Å². The van der Waals surface area contributed by atoms with Gasteiger partial charge < -0.3 is 10.4 Å². The highest BCUT2D eigenvalue weighted by atomic mass is 16.4. The van der Waals surface area contributed by atoms with Crippen molar-refractivity contribution in [3.63, 3.8) is 0 Å². The molecule has 2 N–H and O–H groups in total. The van der Waals surface area contributed by atoms with E-state index in [1.54, 1.807) is 12.1 Å². The predicted molar refractivity (Wildman–Crippen MR) is 64.8 cm³/mol. The summed E-state index contributed by atoms with van der Waals surface area (Å²) in [6, 6.07) is 7.09. The van der Waals surface area contributed by atoms with Gasteiger partial charge in [0.05, 0.1) is 5.56 Å². The second kappa shape index (κ2) is 6.08. The van der Waals surface area contributed by atoms with Crippen LogP contribution in [-0.2, 0) is 6.42 Å². The van der Waals surface area contributed by atoms with E-state index in [4.69, 9.17) is 5.11 Å². The van der Waals surface area contributed by atoms with Crippen molar-refractivity contribution in [3.05, 3.63) is 47.5 Å². The maximum atomic E-state index is 10.9. The molecule has 0 saturated heterocycles. The molecule has 1 rings (SSSR count). The van der Waals surface area contributed by atoms with Crippen LogP contribution in [0.4, 0.5) is 0 Å². The number of nitrogens with one attached hydrogen (secondary N) is 1. The number of hydrogen-bond acceptors (Lipinski definition) is 2. The molecule has 0 amide bonds. The Balaban J connectivity index is 2.53. The van der Waals surface area contributed by atoms with Crippen molar-refractivity contribution in [2.24, 2.45) is 0 Å². The van der Waals surface area contributed by atoms with E-state index in [1.807, 2.05) is 19.1 Å². The Labute approximate surface area is 95.8 Å². The number of carboxylic acids is 1. The van der Waals surface area contributed by atoms with Crippen molar-refractivity contribution in [1.82, 2.24) is 5.32 Å². The van der Waals surface area contributed by atoms with Crippen LogP contribution in [0.15, 0.2) is 36.4 Å². The Morgan fingerprint density at radius 3 is 2.75 bits per heavy atom. The van der Waals surface area contributed by atoms with Crippen LogP contribution in [0.1, 0.15) is 22.8 Å². The average molecular weight is 219 g/mol. The second-order valence-corrected chi connectivity index (χ2v) is 3.85. The standard InChI is InChI=1S/C13H17NO2/c1-10(2)9-14-8-7-11-5-3-4-6-12(11)13(15)16/h3-6,14H,1,7-9H2,2H3,(H,15,16). The maximum absolute atomic E-state index is 10.9. The van der Waals surface area contributed by atoms with E-state index in [9.17, 15) is 4.79 Å². The van der Waals surface area contributed by atoms with Crippen LogP contribution in [0, 0.1) is 0 Å². The van der Waals surface area contributed by atoms with E-state index in [2.05, 4.69) is 11.9 Å². The lowest BCUT2D eigenvalue weighted by Gasteiger charge is -2.07. The van der Waals surface area contributed by atoms with Gasteiger partial charge in [0.15, 0.2) is 0 Å². The summed E-state index contributed by atoms with van der Waals surface area (Å²) in [7, 11) is 0. The van der Waals surface area contributed by atoms with Gasteiger partial charge in [0, 0.05) is 6.54 Å². The first-order chi connectivity index (χ1) is 7.61. The Morgan fingerprint density at radius 1 is 1.44 bits per heavy atom. The summed E-state index contributed by atoms with van der Waals surface area (Å²) in [6.45, 7) is 7.28. The first-order valence-corrected chi connectivity index (χ1v) is 5.27. The molecule has 0 saturated carbocycles. The minimum Gasteiger partial charge on any atom is -0.478 e. The topological polar surface area (TPSA) is 49.3 Å². The highest BCUT2D eigenvalue weighted by Crippen LogP contribution is 2.08. The lowest BCUT2D eigenvalue weighted by molar-refractivity contribution is 0.0695. The van der Waals surface area contributed by atoms with Crippen LogP contribution in [-0.4, -0.2) is 24.2 Å². The molecule has 0 aliphatic carbocycles. The summed E-state index contributed by atoms with van der Waals surface area (Å²) in [5, 5.41) is 12.2. The van der Waals surface area contributed by atoms with E-state index in [0.717, 1.165) is 30.6 Å². The molecular formula is C13H17NO2. The number of hydrogen-bond donors (Lipinski definition) is 2. The molecule has 3 nitrogen and oxygen atoms in total. The third kappa shape index (κ3) is 3.87. The van der Waals surface area contributed by atoms with Gasteiger partial charge in [-0.1, -0.05) is 30.4 Å². The SMILES string of the molecule is C=C(C)CNCCc1ccccc1C(=O)O. The van der Waals surface area contributed by atoms with Gasteiger partial charge in [-0.15, -0.1) is 0 Å². The van der Waals surface area contributed by atoms with Gasteiger partial charge >= 0.3 is 5.97 Å². The molecule has 0 radical (unpaired) electrons. The first-order valence-electron chi connectivity index (χ1n) is 5.27. The monoisotopic (exact) mass is 219 g/mol. The molecular weight excluding hydrogens is 202 g/mol. The Morgan fingerprint density at radius 2 is 2.12 bits per heavy atom. The van der Waals surface area contributed by atoms with E-state index < -0.39 is 5.97 Å². The average Bonchev–Trinajstić information content (AvgIpc) is 2.24. The van der Waals surface area contributed by atoms with Crippen molar-refractivity contribution in [2.75, 3.05) is 13.1 Å². The lowest BCUT2D eigenvalue weighted by atomic mass is 10.0. The van der Waals surface area contributed by atoms with Gasteiger partial charge in [-0.2, -0.15) is 0 Å². The van der Waals surface area contributed by atoms with E-state index in [-0.39, 0.29) is 0 Å². The molecule has 1 aromatic carbocycles. The Bertz CT molecular complexity index is 385. The molecule has 0 atom stereocenters. The molecule has 0 fully saturated rings. The summed E-state index contributed by atoms with van der Waals surface area (Å²) in [4.78, 5) is 10.9. The van der Waals surface area contributed by atoms with Crippen molar-refractivity contribution in [1.29, 1.82) is 0 Å². The summed E-state index contributed by atoms with van der Waals surface area (Å²) in [5.41, 5.74) is 2.33. The molecule has 0 aliphatic rings. The zero-order valence-electron chi connectivity index (χ0n) is 9.49. The van der Waals surface area contributed by atoms with E-state index in [0.29, 0.717) is 5.56 Å². The molecule has 1 aromatic rings. The molecule has 0 spiro atoms. The predicted octanol–water partition coefficient (Wildman–Crippen LogP) is 2.09. The van der Waals surface area contributed by atoms with Gasteiger partial charge in [-0.3, -0.25) is 0 Å². The third-order valence-electron chi connectivity index (χ3n) is 2.25. The fourth-order valence-electron chi connectivity index (χ4n) is 1.47.